The predicted octanol–water partition coefficient (Wildman–Crippen LogP) is 4.94. The van der Waals surface area contributed by atoms with E-state index in [4.69, 9.17) is 9.72 Å². The standard InChI is InChI=1S/C22H27N3O2S.ClH/c1-15-7-8-16(2)18(13-15)21(26)25(12-6-11-24(3)4)22-23-19-14-17(27-5)9-10-20(19)28-22;/h7-10,13-14H,6,11-12H2,1-5H3;1H. The molecule has 1 amide bonds. The van der Waals surface area contributed by atoms with Gasteiger partial charge in [-0.25, -0.2) is 4.98 Å². The fourth-order valence-corrected chi connectivity index (χ4v) is 4.05. The molecular weight excluding hydrogens is 406 g/mol. The number of aryl methyl sites for hydroxylation is 2. The molecule has 0 bridgehead atoms. The van der Waals surface area contributed by atoms with Gasteiger partial charge in [-0.05, 0) is 64.7 Å². The molecule has 0 atom stereocenters. The van der Waals surface area contributed by atoms with Gasteiger partial charge in [-0.15, -0.1) is 12.4 Å². The van der Waals surface area contributed by atoms with E-state index in [9.17, 15) is 4.79 Å². The van der Waals surface area contributed by atoms with Crippen molar-refractivity contribution in [3.05, 3.63) is 53.1 Å². The number of rotatable bonds is 7. The molecule has 1 aromatic heterocycles. The zero-order chi connectivity index (χ0) is 20.3. The second kappa shape index (κ2) is 10.1. The lowest BCUT2D eigenvalue weighted by Crippen LogP contribution is -2.34. The minimum atomic E-state index is 0. The molecule has 0 unspecified atom stereocenters. The van der Waals surface area contributed by atoms with Crippen molar-refractivity contribution in [3.8, 4) is 5.75 Å². The van der Waals surface area contributed by atoms with E-state index in [-0.39, 0.29) is 18.3 Å². The van der Waals surface area contributed by atoms with Crippen LogP contribution in [0, 0.1) is 13.8 Å². The van der Waals surface area contributed by atoms with Gasteiger partial charge in [-0.3, -0.25) is 9.69 Å². The molecule has 0 spiro atoms. The quantitative estimate of drug-likeness (QED) is 0.529. The highest BCUT2D eigenvalue weighted by molar-refractivity contribution is 7.22. The smallest absolute Gasteiger partial charge is 0.260 e. The van der Waals surface area contributed by atoms with Gasteiger partial charge in [0.25, 0.3) is 5.91 Å². The van der Waals surface area contributed by atoms with Crippen molar-refractivity contribution in [2.45, 2.75) is 20.3 Å². The molecule has 3 rings (SSSR count). The summed E-state index contributed by atoms with van der Waals surface area (Å²) in [7, 11) is 5.73. The number of fused-ring (bicyclic) bond motifs is 1. The summed E-state index contributed by atoms with van der Waals surface area (Å²) in [5.41, 5.74) is 3.65. The van der Waals surface area contributed by atoms with Gasteiger partial charge in [0.15, 0.2) is 5.13 Å². The van der Waals surface area contributed by atoms with Crippen molar-refractivity contribution >= 4 is 45.0 Å². The monoisotopic (exact) mass is 433 g/mol. The van der Waals surface area contributed by atoms with Gasteiger partial charge in [-0.2, -0.15) is 0 Å². The van der Waals surface area contributed by atoms with Crippen LogP contribution in [0.1, 0.15) is 27.9 Å². The van der Waals surface area contributed by atoms with Gasteiger partial charge in [0.05, 0.1) is 17.3 Å². The first-order chi connectivity index (χ1) is 13.4. The summed E-state index contributed by atoms with van der Waals surface area (Å²) >= 11 is 1.54. The third kappa shape index (κ3) is 5.47. The van der Waals surface area contributed by atoms with Gasteiger partial charge in [0, 0.05) is 18.2 Å². The van der Waals surface area contributed by atoms with Crippen LogP contribution in [-0.2, 0) is 0 Å². The van der Waals surface area contributed by atoms with E-state index in [1.54, 1.807) is 18.4 Å². The summed E-state index contributed by atoms with van der Waals surface area (Å²) in [6.07, 6.45) is 0.878. The molecule has 5 nitrogen and oxygen atoms in total. The highest BCUT2D eigenvalue weighted by Gasteiger charge is 2.22. The van der Waals surface area contributed by atoms with Crippen molar-refractivity contribution in [2.24, 2.45) is 0 Å². The van der Waals surface area contributed by atoms with Crippen LogP contribution in [0.25, 0.3) is 10.2 Å². The number of methoxy groups -OCH3 is 1. The molecule has 156 valence electrons. The number of thiazole rings is 1. The molecule has 0 aliphatic heterocycles. The Balaban J connectivity index is 0.00000300. The first-order valence-corrected chi connectivity index (χ1v) is 10.2. The van der Waals surface area contributed by atoms with Crippen molar-refractivity contribution in [1.29, 1.82) is 0 Å². The lowest BCUT2D eigenvalue weighted by molar-refractivity contribution is 0.0985. The Morgan fingerprint density at radius 1 is 1.10 bits per heavy atom. The van der Waals surface area contributed by atoms with Crippen LogP contribution < -0.4 is 9.64 Å². The molecule has 7 heteroatoms. The summed E-state index contributed by atoms with van der Waals surface area (Å²) in [5, 5.41) is 0.730. The first kappa shape index (κ1) is 23.1. The maximum atomic E-state index is 13.4. The number of ether oxygens (including phenoxy) is 1. The number of nitrogens with zero attached hydrogens (tertiary/aromatic N) is 3. The maximum Gasteiger partial charge on any atom is 0.260 e. The van der Waals surface area contributed by atoms with Gasteiger partial charge in [0.1, 0.15) is 5.75 Å². The third-order valence-electron chi connectivity index (χ3n) is 4.67. The fraction of sp³-hybridized carbons (Fsp3) is 0.364. The SMILES string of the molecule is COc1ccc2sc(N(CCCN(C)C)C(=O)c3cc(C)ccc3C)nc2c1.Cl. The minimum absolute atomic E-state index is 0. The highest BCUT2D eigenvalue weighted by atomic mass is 35.5. The van der Waals surface area contributed by atoms with Crippen molar-refractivity contribution in [3.63, 3.8) is 0 Å². The number of carbonyl (C=O) groups is 1. The average Bonchev–Trinajstić information content (AvgIpc) is 3.09. The van der Waals surface area contributed by atoms with E-state index in [1.807, 2.05) is 69.2 Å². The Kier molecular flexibility index (Phi) is 8.02. The molecule has 29 heavy (non-hydrogen) atoms. The Bertz CT molecular complexity index is 987. The van der Waals surface area contributed by atoms with Crippen molar-refractivity contribution in [1.82, 2.24) is 9.88 Å². The molecule has 1 heterocycles. The zero-order valence-corrected chi connectivity index (χ0v) is 19.2. The van der Waals surface area contributed by atoms with Crippen LogP contribution in [0.5, 0.6) is 5.75 Å². The third-order valence-corrected chi connectivity index (χ3v) is 5.73. The Hall–Kier alpha value is -2.15. The molecule has 0 radical (unpaired) electrons. The second-order valence-corrected chi connectivity index (χ2v) is 8.27. The van der Waals surface area contributed by atoms with Crippen LogP contribution in [0.3, 0.4) is 0 Å². The number of benzene rings is 2. The number of halogens is 1. The summed E-state index contributed by atoms with van der Waals surface area (Å²) < 4.78 is 6.35. The van der Waals surface area contributed by atoms with Crippen molar-refractivity contribution in [2.75, 3.05) is 39.2 Å². The average molecular weight is 434 g/mol. The largest absolute Gasteiger partial charge is 0.497 e. The molecule has 0 N–H and O–H groups in total. The van der Waals surface area contributed by atoms with Crippen LogP contribution in [-0.4, -0.2) is 50.1 Å². The number of aromatic nitrogens is 1. The van der Waals surface area contributed by atoms with E-state index in [0.717, 1.165) is 50.8 Å². The lowest BCUT2D eigenvalue weighted by Gasteiger charge is -2.22. The zero-order valence-electron chi connectivity index (χ0n) is 17.6. The Morgan fingerprint density at radius 3 is 2.55 bits per heavy atom. The molecule has 3 aromatic rings. The van der Waals surface area contributed by atoms with E-state index in [0.29, 0.717) is 6.54 Å². The van der Waals surface area contributed by atoms with Crippen LogP contribution >= 0.6 is 23.7 Å². The van der Waals surface area contributed by atoms with Gasteiger partial charge in [0.2, 0.25) is 0 Å². The summed E-state index contributed by atoms with van der Waals surface area (Å²) in [6, 6.07) is 11.8. The Labute approximate surface area is 182 Å². The molecule has 0 aliphatic rings. The Morgan fingerprint density at radius 2 is 1.86 bits per heavy atom. The summed E-state index contributed by atoms with van der Waals surface area (Å²) in [5.74, 6) is 0.773. The minimum Gasteiger partial charge on any atom is -0.497 e. The van der Waals surface area contributed by atoms with Crippen molar-refractivity contribution < 1.29 is 9.53 Å². The number of hydrogen-bond acceptors (Lipinski definition) is 5. The van der Waals surface area contributed by atoms with E-state index < -0.39 is 0 Å². The molecule has 0 saturated carbocycles. The summed E-state index contributed by atoms with van der Waals surface area (Å²) in [4.78, 5) is 22.1. The maximum absolute atomic E-state index is 13.4. The molecular formula is C22H28ClN3O2S. The molecule has 2 aromatic carbocycles. The highest BCUT2D eigenvalue weighted by Crippen LogP contribution is 2.32. The molecule has 0 aliphatic carbocycles. The van der Waals surface area contributed by atoms with E-state index in [1.165, 1.54) is 0 Å². The first-order valence-electron chi connectivity index (χ1n) is 9.37. The number of amides is 1. The normalized spacial score (nSPS) is 10.8. The topological polar surface area (TPSA) is 45.7 Å². The second-order valence-electron chi connectivity index (χ2n) is 7.26. The molecule has 0 saturated heterocycles. The van der Waals surface area contributed by atoms with E-state index >= 15 is 0 Å². The fourth-order valence-electron chi connectivity index (χ4n) is 3.08. The van der Waals surface area contributed by atoms with Gasteiger partial charge >= 0.3 is 0 Å². The van der Waals surface area contributed by atoms with Crippen LogP contribution in [0.4, 0.5) is 5.13 Å². The van der Waals surface area contributed by atoms with Gasteiger partial charge in [-0.1, -0.05) is 29.0 Å². The predicted molar refractivity (Wildman–Crippen MR) is 124 cm³/mol. The van der Waals surface area contributed by atoms with Gasteiger partial charge < -0.3 is 9.64 Å². The van der Waals surface area contributed by atoms with Crippen LogP contribution in [0.2, 0.25) is 0 Å². The summed E-state index contributed by atoms with van der Waals surface area (Å²) in [6.45, 7) is 5.53. The number of carbonyl (C=O) groups excluding carboxylic acids is 1. The molecule has 0 fully saturated rings. The lowest BCUT2D eigenvalue weighted by atomic mass is 10.0. The van der Waals surface area contributed by atoms with Crippen LogP contribution in [0.15, 0.2) is 36.4 Å². The number of anilines is 1. The van der Waals surface area contributed by atoms with E-state index in [2.05, 4.69) is 4.90 Å². The number of hydrogen-bond donors (Lipinski definition) is 0.